The molecule has 1 N–H and O–H groups in total. The van der Waals surface area contributed by atoms with Gasteiger partial charge in [-0.2, -0.15) is 0 Å². The van der Waals surface area contributed by atoms with Gasteiger partial charge in [0.25, 0.3) is 0 Å². The third-order valence-corrected chi connectivity index (χ3v) is 2.93. The minimum atomic E-state index is -0.241. The minimum absolute atomic E-state index is 0.241. The molecule has 0 aliphatic rings. The molecule has 0 aliphatic heterocycles. The maximum atomic E-state index is 11.8. The fraction of sp³-hybridized carbons (Fsp3) is 0.188. The lowest BCUT2D eigenvalue weighted by molar-refractivity contribution is -0.141. The first-order valence-corrected chi connectivity index (χ1v) is 6.22. The fourth-order valence-corrected chi connectivity index (χ4v) is 2.12. The Balaban J connectivity index is 2.33. The Kier molecular flexibility index (Phi) is 4.18. The molecule has 0 bridgehead atoms. The Morgan fingerprint density at radius 3 is 2.79 bits per heavy atom. The van der Waals surface area contributed by atoms with Crippen LogP contribution >= 0.6 is 0 Å². The first kappa shape index (κ1) is 13.1. The Morgan fingerprint density at radius 2 is 2.05 bits per heavy atom. The highest BCUT2D eigenvalue weighted by Crippen LogP contribution is 2.23. The highest BCUT2D eigenvalue weighted by atomic mass is 16.5. The molecular formula is C16H17NO2. The number of rotatable bonds is 6. The molecule has 0 saturated carbocycles. The molecule has 0 unspecified atom stereocenters. The van der Waals surface area contributed by atoms with Gasteiger partial charge in [0, 0.05) is 23.0 Å². The molecule has 19 heavy (non-hydrogen) atoms. The van der Waals surface area contributed by atoms with Gasteiger partial charge in [0.05, 0.1) is 6.42 Å². The van der Waals surface area contributed by atoms with Crippen molar-refractivity contribution >= 4 is 16.9 Å². The molecule has 1 heterocycles. The van der Waals surface area contributed by atoms with Gasteiger partial charge in [0.2, 0.25) is 0 Å². The summed E-state index contributed by atoms with van der Waals surface area (Å²) in [6, 6.07) is 7.94. The van der Waals surface area contributed by atoms with Crippen LogP contribution in [0.2, 0.25) is 0 Å². The van der Waals surface area contributed by atoms with Crippen molar-refractivity contribution in [3.05, 3.63) is 60.8 Å². The lowest BCUT2D eigenvalue weighted by Gasteiger charge is -2.03. The largest absolute Gasteiger partial charge is 0.461 e. The number of fused-ring (bicyclic) bond motifs is 1. The van der Waals surface area contributed by atoms with Gasteiger partial charge < -0.3 is 9.72 Å². The molecule has 0 saturated heterocycles. The Hall–Kier alpha value is -2.29. The van der Waals surface area contributed by atoms with Crippen molar-refractivity contribution in [1.29, 1.82) is 0 Å². The van der Waals surface area contributed by atoms with Crippen LogP contribution in [-0.2, 0) is 22.4 Å². The summed E-state index contributed by atoms with van der Waals surface area (Å²) in [5.41, 5.74) is 3.04. The first-order chi connectivity index (χ1) is 9.26. The van der Waals surface area contributed by atoms with E-state index < -0.39 is 0 Å². The maximum absolute atomic E-state index is 11.8. The fourth-order valence-electron chi connectivity index (χ4n) is 2.12. The van der Waals surface area contributed by atoms with Crippen molar-refractivity contribution in [3.63, 3.8) is 0 Å². The number of hydrogen-bond donors (Lipinski definition) is 1. The van der Waals surface area contributed by atoms with Crippen LogP contribution in [0.3, 0.4) is 0 Å². The van der Waals surface area contributed by atoms with E-state index in [1.165, 1.54) is 0 Å². The lowest BCUT2D eigenvalue weighted by atomic mass is 10.1. The van der Waals surface area contributed by atoms with E-state index in [4.69, 9.17) is 4.74 Å². The van der Waals surface area contributed by atoms with Crippen molar-refractivity contribution in [2.45, 2.75) is 12.8 Å². The highest BCUT2D eigenvalue weighted by Gasteiger charge is 2.14. The molecule has 1 aromatic heterocycles. The van der Waals surface area contributed by atoms with Crippen LogP contribution in [0, 0.1) is 0 Å². The van der Waals surface area contributed by atoms with Gasteiger partial charge in [-0.3, -0.25) is 4.79 Å². The summed E-state index contributed by atoms with van der Waals surface area (Å²) in [4.78, 5) is 15.1. The van der Waals surface area contributed by atoms with E-state index in [1.54, 1.807) is 6.08 Å². The summed E-state index contributed by atoms with van der Waals surface area (Å²) >= 11 is 0. The van der Waals surface area contributed by atoms with Crippen LogP contribution in [0.25, 0.3) is 10.9 Å². The molecule has 3 heteroatoms. The van der Waals surface area contributed by atoms with Gasteiger partial charge in [0.1, 0.15) is 6.61 Å². The van der Waals surface area contributed by atoms with Crippen molar-refractivity contribution in [2.75, 3.05) is 6.61 Å². The number of aromatic nitrogens is 1. The van der Waals surface area contributed by atoms with Gasteiger partial charge in [-0.05, 0) is 11.6 Å². The molecule has 0 spiro atoms. The Bertz CT molecular complexity index is 610. The number of aromatic amines is 1. The monoisotopic (exact) mass is 255 g/mol. The molecule has 2 aromatic rings. The predicted octanol–water partition coefficient (Wildman–Crippen LogP) is 3.17. The van der Waals surface area contributed by atoms with Crippen molar-refractivity contribution in [3.8, 4) is 0 Å². The van der Waals surface area contributed by atoms with E-state index in [0.29, 0.717) is 6.42 Å². The number of ether oxygens (including phenoxy) is 1. The summed E-state index contributed by atoms with van der Waals surface area (Å²) in [6.45, 7) is 7.52. The summed E-state index contributed by atoms with van der Waals surface area (Å²) in [6.07, 6.45) is 4.36. The molecule has 0 fully saturated rings. The number of benzene rings is 1. The second-order valence-corrected chi connectivity index (χ2v) is 4.27. The van der Waals surface area contributed by atoms with E-state index >= 15 is 0 Å². The molecule has 3 nitrogen and oxygen atoms in total. The van der Waals surface area contributed by atoms with Crippen molar-refractivity contribution < 1.29 is 9.53 Å². The van der Waals surface area contributed by atoms with Crippen LogP contribution < -0.4 is 0 Å². The summed E-state index contributed by atoms with van der Waals surface area (Å²) in [5.74, 6) is -0.241. The van der Waals surface area contributed by atoms with Gasteiger partial charge in [0.15, 0.2) is 0 Å². The summed E-state index contributed by atoms with van der Waals surface area (Å²) < 4.78 is 5.05. The van der Waals surface area contributed by atoms with Crippen LogP contribution in [0.15, 0.2) is 49.6 Å². The van der Waals surface area contributed by atoms with Gasteiger partial charge in [-0.1, -0.05) is 36.9 Å². The molecule has 0 aliphatic carbocycles. The van der Waals surface area contributed by atoms with Crippen molar-refractivity contribution in [1.82, 2.24) is 4.98 Å². The number of carbonyl (C=O) groups excluding carboxylic acids is 1. The maximum Gasteiger partial charge on any atom is 0.310 e. The van der Waals surface area contributed by atoms with E-state index in [2.05, 4.69) is 18.1 Å². The standard InChI is InChI=1S/C16H17NO2/c1-3-7-14-13(11-16(18)19-10-4-2)12-8-5-6-9-15(12)17-14/h3-6,8-9,17H,1-2,7,10-11H2. The van der Waals surface area contributed by atoms with Gasteiger partial charge >= 0.3 is 5.97 Å². The van der Waals surface area contributed by atoms with E-state index in [9.17, 15) is 4.79 Å². The zero-order valence-electron chi connectivity index (χ0n) is 10.8. The first-order valence-electron chi connectivity index (χ1n) is 6.22. The molecule has 98 valence electrons. The molecule has 0 radical (unpaired) electrons. The number of allylic oxidation sites excluding steroid dienone is 1. The average molecular weight is 255 g/mol. The van der Waals surface area contributed by atoms with Crippen LogP contribution in [0.4, 0.5) is 0 Å². The summed E-state index contributed by atoms with van der Waals surface area (Å²) in [5, 5.41) is 1.06. The SMILES string of the molecule is C=CCOC(=O)Cc1c(CC=C)[nH]c2ccccc12. The number of nitrogens with one attached hydrogen (secondary N) is 1. The molecule has 1 aromatic carbocycles. The van der Waals surface area contributed by atoms with Crippen LogP contribution in [0.5, 0.6) is 0 Å². The van der Waals surface area contributed by atoms with E-state index in [1.807, 2.05) is 30.3 Å². The van der Waals surface area contributed by atoms with Gasteiger partial charge in [-0.25, -0.2) is 0 Å². The lowest BCUT2D eigenvalue weighted by Crippen LogP contribution is -2.09. The minimum Gasteiger partial charge on any atom is -0.461 e. The molecule has 0 atom stereocenters. The smallest absolute Gasteiger partial charge is 0.310 e. The number of H-pyrrole nitrogens is 1. The number of carbonyl (C=O) groups is 1. The van der Waals surface area contributed by atoms with Crippen LogP contribution in [-0.4, -0.2) is 17.6 Å². The quantitative estimate of drug-likeness (QED) is 0.636. The third kappa shape index (κ3) is 2.94. The Morgan fingerprint density at radius 1 is 1.26 bits per heavy atom. The van der Waals surface area contributed by atoms with E-state index in [-0.39, 0.29) is 19.0 Å². The van der Waals surface area contributed by atoms with Crippen molar-refractivity contribution in [2.24, 2.45) is 0 Å². The number of hydrogen-bond acceptors (Lipinski definition) is 2. The van der Waals surface area contributed by atoms with Crippen LogP contribution in [0.1, 0.15) is 11.3 Å². The average Bonchev–Trinajstić information content (AvgIpc) is 2.75. The number of esters is 1. The third-order valence-electron chi connectivity index (χ3n) is 2.93. The predicted molar refractivity (Wildman–Crippen MR) is 77.1 cm³/mol. The Labute approximate surface area is 112 Å². The number of para-hydroxylation sites is 1. The van der Waals surface area contributed by atoms with E-state index in [0.717, 1.165) is 22.2 Å². The molecular weight excluding hydrogens is 238 g/mol. The van der Waals surface area contributed by atoms with Gasteiger partial charge in [-0.15, -0.1) is 6.58 Å². The topological polar surface area (TPSA) is 42.1 Å². The zero-order valence-corrected chi connectivity index (χ0v) is 10.8. The zero-order chi connectivity index (χ0) is 13.7. The molecule has 0 amide bonds. The second kappa shape index (κ2) is 6.05. The molecule has 2 rings (SSSR count). The normalized spacial score (nSPS) is 10.3. The highest BCUT2D eigenvalue weighted by molar-refractivity contribution is 5.88. The second-order valence-electron chi connectivity index (χ2n) is 4.27. The summed E-state index contributed by atoms with van der Waals surface area (Å²) in [7, 11) is 0.